The number of likely N-dealkylation sites (N-methyl/N-ethyl adjacent to an activating group) is 1. The molecule has 8 nitrogen and oxygen atoms in total. The van der Waals surface area contributed by atoms with Crippen LogP contribution in [0.1, 0.15) is 71.2 Å². The predicted octanol–water partition coefficient (Wildman–Crippen LogP) is 6.19. The number of methoxy groups -OCH3 is 2. The Bertz CT molecular complexity index is 904. The molecule has 0 saturated heterocycles. The number of nitrogens with zero attached hydrogens (tertiary/aromatic N) is 2. The molecule has 2 aliphatic heterocycles. The number of amides is 1. The van der Waals surface area contributed by atoms with Gasteiger partial charge in [-0.05, 0) is 58.0 Å². The molecule has 1 amide bonds. The molecule has 0 fully saturated rings. The van der Waals surface area contributed by atoms with E-state index in [1.54, 1.807) is 46.4 Å². The number of ether oxygens (including phenoxy) is 4. The Morgan fingerprint density at radius 2 is 1.74 bits per heavy atom. The smallest absolute Gasteiger partial charge is 0.251 e. The van der Waals surface area contributed by atoms with Gasteiger partial charge in [-0.3, -0.25) is 9.59 Å². The summed E-state index contributed by atoms with van der Waals surface area (Å²) in [5.74, 6) is 0.949. The minimum Gasteiger partial charge on any atom is -0.454 e. The van der Waals surface area contributed by atoms with Gasteiger partial charge in [0.05, 0.1) is 6.04 Å². The van der Waals surface area contributed by atoms with Crippen LogP contribution in [0.25, 0.3) is 0 Å². The van der Waals surface area contributed by atoms with Gasteiger partial charge in [0.1, 0.15) is 6.79 Å². The van der Waals surface area contributed by atoms with Crippen LogP contribution in [0.2, 0.25) is 0 Å². The van der Waals surface area contributed by atoms with Crippen LogP contribution in [-0.4, -0.2) is 68.9 Å². The number of Topliss-reactive ketones (excluding diaryl/α,β-unsaturated/α-hetero) is 1. The second-order valence-corrected chi connectivity index (χ2v) is 8.22. The molecule has 8 heteroatoms. The molecule has 0 unspecified atom stereocenters. The van der Waals surface area contributed by atoms with Gasteiger partial charge in [0.15, 0.2) is 17.3 Å². The molecule has 0 N–H and O–H groups in total. The minimum atomic E-state index is -0.575. The molecule has 0 bridgehead atoms. The summed E-state index contributed by atoms with van der Waals surface area (Å²) in [5.41, 5.74) is 1.20. The van der Waals surface area contributed by atoms with E-state index >= 15 is 0 Å². The molecular formula is C30H48N2O6. The quantitative estimate of drug-likeness (QED) is 0.213. The zero-order valence-corrected chi connectivity index (χ0v) is 24.8. The van der Waals surface area contributed by atoms with Crippen molar-refractivity contribution in [1.29, 1.82) is 0 Å². The highest BCUT2D eigenvalue weighted by Gasteiger charge is 2.27. The Morgan fingerprint density at radius 1 is 1.11 bits per heavy atom. The Kier molecular flexibility index (Phi) is 19.2. The van der Waals surface area contributed by atoms with Gasteiger partial charge in [0.2, 0.25) is 6.79 Å². The highest BCUT2D eigenvalue weighted by molar-refractivity contribution is 6.04. The lowest BCUT2D eigenvalue weighted by Crippen LogP contribution is -2.41. The number of benzene rings is 1. The molecule has 0 spiro atoms. The molecule has 2 heterocycles. The molecule has 0 radical (unpaired) electrons. The number of fused-ring (bicyclic) bond motifs is 1. The summed E-state index contributed by atoms with van der Waals surface area (Å²) in [6.07, 6.45) is 12.6. The van der Waals surface area contributed by atoms with Crippen LogP contribution in [0.3, 0.4) is 0 Å². The molecule has 1 aromatic carbocycles. The fraction of sp³-hybridized carbons (Fsp3) is 0.533. The zero-order valence-electron chi connectivity index (χ0n) is 24.8. The van der Waals surface area contributed by atoms with Gasteiger partial charge in [0, 0.05) is 45.1 Å². The molecule has 0 saturated carbocycles. The van der Waals surface area contributed by atoms with Crippen molar-refractivity contribution in [2.75, 3.05) is 41.4 Å². The maximum atomic E-state index is 12.9. The average molecular weight is 533 g/mol. The van der Waals surface area contributed by atoms with Crippen molar-refractivity contribution in [3.63, 3.8) is 0 Å². The minimum absolute atomic E-state index is 0.123. The van der Waals surface area contributed by atoms with Crippen LogP contribution in [-0.2, 0) is 14.3 Å². The van der Waals surface area contributed by atoms with Crippen molar-refractivity contribution < 1.29 is 28.5 Å². The topological polar surface area (TPSA) is 77.5 Å². The summed E-state index contributed by atoms with van der Waals surface area (Å²) in [4.78, 5) is 29.3. The van der Waals surface area contributed by atoms with Crippen LogP contribution in [0.5, 0.6) is 11.5 Å². The van der Waals surface area contributed by atoms with Crippen LogP contribution in [0, 0.1) is 0 Å². The first-order chi connectivity index (χ1) is 18.3. The number of allylic oxidation sites excluding steroid dienone is 3. The van der Waals surface area contributed by atoms with Crippen molar-refractivity contribution in [3.8, 4) is 11.5 Å². The summed E-state index contributed by atoms with van der Waals surface area (Å²) >= 11 is 0. The number of unbranched alkanes of at least 4 members (excludes halogenated alkanes) is 1. The third kappa shape index (κ3) is 12.0. The summed E-state index contributed by atoms with van der Waals surface area (Å²) in [7, 11) is 4.85. The van der Waals surface area contributed by atoms with E-state index in [2.05, 4.69) is 16.4 Å². The fourth-order valence-corrected chi connectivity index (χ4v) is 3.22. The largest absolute Gasteiger partial charge is 0.454 e. The molecule has 1 aromatic rings. The van der Waals surface area contributed by atoms with Gasteiger partial charge in [-0.25, -0.2) is 0 Å². The number of carbonyl (C=O) groups is 2. The van der Waals surface area contributed by atoms with Crippen molar-refractivity contribution in [2.24, 2.45) is 0 Å². The predicted molar refractivity (Wildman–Crippen MR) is 153 cm³/mol. The van der Waals surface area contributed by atoms with E-state index < -0.39 is 6.04 Å². The van der Waals surface area contributed by atoms with Crippen molar-refractivity contribution >= 4 is 11.7 Å². The Balaban J connectivity index is 0.00000106. The van der Waals surface area contributed by atoms with Gasteiger partial charge in [-0.2, -0.15) is 0 Å². The molecule has 0 aliphatic carbocycles. The van der Waals surface area contributed by atoms with Crippen LogP contribution >= 0.6 is 0 Å². The normalized spacial score (nSPS) is 13.7. The van der Waals surface area contributed by atoms with E-state index in [1.165, 1.54) is 4.90 Å². The monoisotopic (exact) mass is 532 g/mol. The van der Waals surface area contributed by atoms with E-state index in [0.717, 1.165) is 19.4 Å². The summed E-state index contributed by atoms with van der Waals surface area (Å²) in [5, 5.41) is 0. The number of rotatable bonds is 9. The summed E-state index contributed by atoms with van der Waals surface area (Å²) < 4.78 is 19.6. The van der Waals surface area contributed by atoms with E-state index in [0.29, 0.717) is 35.8 Å². The molecule has 1 atom stereocenters. The molecule has 214 valence electrons. The van der Waals surface area contributed by atoms with E-state index in [4.69, 9.17) is 9.47 Å². The first-order valence-electron chi connectivity index (χ1n) is 13.2. The lowest BCUT2D eigenvalue weighted by atomic mass is 10.0. The lowest BCUT2D eigenvalue weighted by molar-refractivity contribution is -0.127. The number of ketones is 1. The van der Waals surface area contributed by atoms with Gasteiger partial charge >= 0.3 is 0 Å². The standard InChI is InChI=1S/C21H26N2O4.C4H8.C3H8O2.C2H6/c1-4-5-10-23-11-6-7-17(13-23)21(25)22(3)15(2)20(24)16-8-9-18-19(12-16)27-14-26-18;1-3-4-2;1-4-3-5-2;1-2/h6,8-9,11-13,15H,4-5,7,10,14H2,1-3H3;3-4H,1-2H3;3H2,1-2H3;1-2H3/b;4-3-;;/t15-;;;/m1.../s1. The summed E-state index contributed by atoms with van der Waals surface area (Å²) in [6.45, 7) is 13.3. The first-order valence-corrected chi connectivity index (χ1v) is 13.2. The van der Waals surface area contributed by atoms with E-state index in [-0.39, 0.29) is 18.5 Å². The maximum Gasteiger partial charge on any atom is 0.251 e. The van der Waals surface area contributed by atoms with Crippen molar-refractivity contribution in [2.45, 2.75) is 66.8 Å². The van der Waals surface area contributed by atoms with Gasteiger partial charge < -0.3 is 28.7 Å². The number of hydrogen-bond acceptors (Lipinski definition) is 7. The van der Waals surface area contributed by atoms with Crippen LogP contribution in [0.15, 0.2) is 54.4 Å². The Labute approximate surface area is 229 Å². The molecular weight excluding hydrogens is 484 g/mol. The average Bonchev–Trinajstić information content (AvgIpc) is 3.44. The third-order valence-electron chi connectivity index (χ3n) is 5.51. The number of carbonyl (C=O) groups excluding carboxylic acids is 2. The Morgan fingerprint density at radius 3 is 2.29 bits per heavy atom. The second-order valence-electron chi connectivity index (χ2n) is 8.22. The molecule has 3 rings (SSSR count). The number of hydrogen-bond donors (Lipinski definition) is 0. The van der Waals surface area contributed by atoms with Crippen LogP contribution < -0.4 is 9.47 Å². The van der Waals surface area contributed by atoms with E-state index in [1.807, 2.05) is 63.2 Å². The third-order valence-corrected chi connectivity index (χ3v) is 5.51. The van der Waals surface area contributed by atoms with Crippen molar-refractivity contribution in [1.82, 2.24) is 9.80 Å². The fourth-order valence-electron chi connectivity index (χ4n) is 3.22. The zero-order chi connectivity index (χ0) is 28.9. The SMILES string of the molecule is C/C=C\C.CC.CCCCN1C=CCC(C(=O)N(C)[C@H](C)C(=O)c2ccc3c(c2)OCO3)=C1.COCOC. The first kappa shape index (κ1) is 34.9. The van der Waals surface area contributed by atoms with E-state index in [9.17, 15) is 9.59 Å². The second kappa shape index (κ2) is 20.9. The Hall–Kier alpha value is -3.10. The van der Waals surface area contributed by atoms with Gasteiger partial charge in [0.25, 0.3) is 5.91 Å². The van der Waals surface area contributed by atoms with Crippen molar-refractivity contribution in [3.05, 3.63) is 60.0 Å². The highest BCUT2D eigenvalue weighted by atomic mass is 16.7. The van der Waals surface area contributed by atoms with Crippen LogP contribution in [0.4, 0.5) is 0 Å². The maximum absolute atomic E-state index is 12.9. The molecule has 38 heavy (non-hydrogen) atoms. The molecule has 2 aliphatic rings. The lowest BCUT2D eigenvalue weighted by Gasteiger charge is -2.27. The van der Waals surface area contributed by atoms with Gasteiger partial charge in [-0.15, -0.1) is 0 Å². The highest BCUT2D eigenvalue weighted by Crippen LogP contribution is 2.33. The molecule has 0 aromatic heterocycles. The van der Waals surface area contributed by atoms with Gasteiger partial charge in [-0.1, -0.05) is 45.4 Å². The summed E-state index contributed by atoms with van der Waals surface area (Å²) in [6, 6.07) is 4.53.